The second-order valence-corrected chi connectivity index (χ2v) is 5.15. The summed E-state index contributed by atoms with van der Waals surface area (Å²) in [5.74, 6) is 0. The van der Waals surface area contributed by atoms with Gasteiger partial charge in [-0.25, -0.2) is 0 Å². The van der Waals surface area contributed by atoms with Crippen LogP contribution in [0.25, 0.3) is 10.9 Å². The second kappa shape index (κ2) is 4.75. The number of nitrogens with one attached hydrogen (secondary N) is 1. The van der Waals surface area contributed by atoms with Crippen molar-refractivity contribution >= 4 is 28.2 Å². The minimum Gasteiger partial charge on any atom is -0.391 e. The molecule has 1 aromatic heterocycles. The lowest BCUT2D eigenvalue weighted by atomic mass is 10.1. The summed E-state index contributed by atoms with van der Waals surface area (Å²) in [5, 5.41) is 14.9. The van der Waals surface area contributed by atoms with Crippen LogP contribution in [-0.4, -0.2) is 22.2 Å². The SMILES string of the molecule is O[C@@H]1CCC[C@H]1Nc1ccc(Cl)c2cccnc12. The van der Waals surface area contributed by atoms with Crippen molar-refractivity contribution in [2.45, 2.75) is 31.4 Å². The van der Waals surface area contributed by atoms with Crippen LogP contribution < -0.4 is 5.32 Å². The molecule has 0 saturated heterocycles. The van der Waals surface area contributed by atoms with Crippen molar-refractivity contribution in [3.8, 4) is 0 Å². The Morgan fingerprint density at radius 3 is 2.94 bits per heavy atom. The first-order valence-corrected chi connectivity index (χ1v) is 6.61. The highest BCUT2D eigenvalue weighted by Gasteiger charge is 2.25. The average molecular weight is 263 g/mol. The molecule has 2 aromatic rings. The molecule has 4 heteroatoms. The van der Waals surface area contributed by atoms with Crippen molar-refractivity contribution in [2.24, 2.45) is 0 Å². The summed E-state index contributed by atoms with van der Waals surface area (Å²) in [4.78, 5) is 4.38. The molecule has 0 radical (unpaired) electrons. The molecule has 1 fully saturated rings. The molecule has 1 aliphatic carbocycles. The highest BCUT2D eigenvalue weighted by atomic mass is 35.5. The van der Waals surface area contributed by atoms with E-state index in [1.807, 2.05) is 24.3 Å². The quantitative estimate of drug-likeness (QED) is 0.874. The molecule has 1 heterocycles. The number of hydrogen-bond donors (Lipinski definition) is 2. The van der Waals surface area contributed by atoms with Gasteiger partial charge in [-0.1, -0.05) is 11.6 Å². The van der Waals surface area contributed by atoms with Crippen molar-refractivity contribution in [3.05, 3.63) is 35.5 Å². The Morgan fingerprint density at radius 2 is 2.17 bits per heavy atom. The molecule has 0 bridgehead atoms. The van der Waals surface area contributed by atoms with Crippen molar-refractivity contribution in [3.63, 3.8) is 0 Å². The first-order chi connectivity index (χ1) is 8.75. The van der Waals surface area contributed by atoms with E-state index < -0.39 is 0 Å². The lowest BCUT2D eigenvalue weighted by Gasteiger charge is -2.19. The lowest BCUT2D eigenvalue weighted by Crippen LogP contribution is -2.28. The minimum atomic E-state index is -0.264. The number of nitrogens with zero attached hydrogens (tertiary/aromatic N) is 1. The zero-order valence-electron chi connectivity index (χ0n) is 9.94. The van der Waals surface area contributed by atoms with Crippen molar-refractivity contribution in [1.82, 2.24) is 4.98 Å². The number of aliphatic hydroxyl groups is 1. The third-order valence-corrected chi connectivity index (χ3v) is 3.87. The Morgan fingerprint density at radius 1 is 1.28 bits per heavy atom. The van der Waals surface area contributed by atoms with Gasteiger partial charge in [0.1, 0.15) is 0 Å². The zero-order chi connectivity index (χ0) is 12.5. The maximum atomic E-state index is 9.87. The van der Waals surface area contributed by atoms with E-state index in [0.717, 1.165) is 35.9 Å². The summed E-state index contributed by atoms with van der Waals surface area (Å²) >= 11 is 6.16. The van der Waals surface area contributed by atoms with Crippen LogP contribution in [0.1, 0.15) is 19.3 Å². The van der Waals surface area contributed by atoms with Crippen LogP contribution in [0, 0.1) is 0 Å². The fourth-order valence-electron chi connectivity index (χ4n) is 2.56. The van der Waals surface area contributed by atoms with Crippen molar-refractivity contribution in [1.29, 1.82) is 0 Å². The van der Waals surface area contributed by atoms with Gasteiger partial charge in [0.25, 0.3) is 0 Å². The Kier molecular flexibility index (Phi) is 3.10. The maximum Gasteiger partial charge on any atom is 0.0948 e. The highest BCUT2D eigenvalue weighted by molar-refractivity contribution is 6.35. The summed E-state index contributed by atoms with van der Waals surface area (Å²) in [6.07, 6.45) is 4.43. The lowest BCUT2D eigenvalue weighted by molar-refractivity contribution is 0.172. The van der Waals surface area contributed by atoms with E-state index in [-0.39, 0.29) is 12.1 Å². The normalized spacial score (nSPS) is 23.4. The van der Waals surface area contributed by atoms with Gasteiger partial charge in [-0.05, 0) is 43.5 Å². The fraction of sp³-hybridized carbons (Fsp3) is 0.357. The number of benzene rings is 1. The largest absolute Gasteiger partial charge is 0.391 e. The summed E-state index contributed by atoms with van der Waals surface area (Å²) in [6, 6.07) is 7.76. The molecule has 18 heavy (non-hydrogen) atoms. The third kappa shape index (κ3) is 2.04. The molecule has 94 valence electrons. The predicted molar refractivity (Wildman–Crippen MR) is 74.0 cm³/mol. The van der Waals surface area contributed by atoms with Gasteiger partial charge in [0, 0.05) is 11.6 Å². The van der Waals surface area contributed by atoms with Crippen LogP contribution in [0.15, 0.2) is 30.5 Å². The van der Waals surface area contributed by atoms with Gasteiger partial charge < -0.3 is 10.4 Å². The highest BCUT2D eigenvalue weighted by Crippen LogP contribution is 2.30. The van der Waals surface area contributed by atoms with Gasteiger partial charge in [0.2, 0.25) is 0 Å². The molecule has 0 spiro atoms. The fourth-order valence-corrected chi connectivity index (χ4v) is 2.78. The summed E-state index contributed by atoms with van der Waals surface area (Å²) in [6.45, 7) is 0. The molecule has 3 rings (SSSR count). The van der Waals surface area contributed by atoms with Gasteiger partial charge in [0.15, 0.2) is 0 Å². The topological polar surface area (TPSA) is 45.1 Å². The first-order valence-electron chi connectivity index (χ1n) is 6.23. The molecule has 0 aliphatic heterocycles. The molecule has 1 saturated carbocycles. The Balaban J connectivity index is 1.99. The third-order valence-electron chi connectivity index (χ3n) is 3.54. The second-order valence-electron chi connectivity index (χ2n) is 4.74. The van der Waals surface area contributed by atoms with Gasteiger partial charge in [0.05, 0.1) is 28.4 Å². The summed E-state index contributed by atoms with van der Waals surface area (Å²) in [5.41, 5.74) is 1.81. The number of hydrogen-bond acceptors (Lipinski definition) is 3. The number of aromatic nitrogens is 1. The van der Waals surface area contributed by atoms with E-state index in [1.54, 1.807) is 6.20 Å². The number of pyridine rings is 1. The monoisotopic (exact) mass is 262 g/mol. The molecular formula is C14H15ClN2O. The number of aliphatic hydroxyl groups excluding tert-OH is 1. The van der Waals surface area contributed by atoms with E-state index in [4.69, 9.17) is 11.6 Å². The van der Waals surface area contributed by atoms with E-state index in [1.165, 1.54) is 0 Å². The Bertz CT molecular complexity index is 573. The zero-order valence-corrected chi connectivity index (χ0v) is 10.7. The minimum absolute atomic E-state index is 0.122. The van der Waals surface area contributed by atoms with E-state index in [9.17, 15) is 5.11 Å². The molecule has 0 unspecified atom stereocenters. The van der Waals surface area contributed by atoms with Gasteiger partial charge in [-0.15, -0.1) is 0 Å². The molecular weight excluding hydrogens is 248 g/mol. The van der Waals surface area contributed by atoms with Crippen molar-refractivity contribution in [2.75, 3.05) is 5.32 Å². The molecule has 0 amide bonds. The molecule has 2 atom stereocenters. The smallest absolute Gasteiger partial charge is 0.0948 e. The first kappa shape index (κ1) is 11.8. The van der Waals surface area contributed by atoms with Crippen LogP contribution >= 0.6 is 11.6 Å². The number of halogens is 1. The Labute approximate surface area is 111 Å². The molecule has 1 aromatic carbocycles. The van der Waals surface area contributed by atoms with Crippen molar-refractivity contribution < 1.29 is 5.11 Å². The van der Waals surface area contributed by atoms with Crippen LogP contribution in [0.3, 0.4) is 0 Å². The average Bonchev–Trinajstić information content (AvgIpc) is 2.79. The van der Waals surface area contributed by atoms with E-state index in [2.05, 4.69) is 10.3 Å². The van der Waals surface area contributed by atoms with Crippen LogP contribution in [0.2, 0.25) is 5.02 Å². The molecule has 3 nitrogen and oxygen atoms in total. The number of anilines is 1. The Hall–Kier alpha value is -1.32. The predicted octanol–water partition coefficient (Wildman–Crippen LogP) is 3.21. The summed E-state index contributed by atoms with van der Waals surface area (Å²) < 4.78 is 0. The van der Waals surface area contributed by atoms with Gasteiger partial charge in [-0.3, -0.25) is 4.98 Å². The summed E-state index contributed by atoms with van der Waals surface area (Å²) in [7, 11) is 0. The number of rotatable bonds is 2. The van der Waals surface area contributed by atoms with Gasteiger partial charge >= 0.3 is 0 Å². The van der Waals surface area contributed by atoms with Gasteiger partial charge in [-0.2, -0.15) is 0 Å². The van der Waals surface area contributed by atoms with E-state index in [0.29, 0.717) is 5.02 Å². The number of fused-ring (bicyclic) bond motifs is 1. The van der Waals surface area contributed by atoms with Crippen LogP contribution in [0.5, 0.6) is 0 Å². The molecule has 2 N–H and O–H groups in total. The van der Waals surface area contributed by atoms with E-state index >= 15 is 0 Å². The standard InChI is InChI=1S/C14H15ClN2O/c15-10-6-7-12(14-9(10)3-2-8-16-14)17-11-4-1-5-13(11)18/h2-3,6-8,11,13,17-18H,1,4-5H2/t11-,13-/m1/s1. The van der Waals surface area contributed by atoms with Crippen LogP contribution in [0.4, 0.5) is 5.69 Å². The van der Waals surface area contributed by atoms with Crippen LogP contribution in [-0.2, 0) is 0 Å². The molecule has 1 aliphatic rings. The maximum absolute atomic E-state index is 9.87.